The molecule has 0 aliphatic carbocycles. The van der Waals surface area contributed by atoms with Gasteiger partial charge in [-0.3, -0.25) is 14.4 Å². The Balaban J connectivity index is 0.0000105. The first-order valence-corrected chi connectivity index (χ1v) is 18.6. The van der Waals surface area contributed by atoms with Crippen LogP contribution in [0, 0.1) is 17.3 Å². The molecule has 0 radical (unpaired) electrons. The van der Waals surface area contributed by atoms with E-state index in [0.29, 0.717) is 27.5 Å². The molecule has 0 aromatic heterocycles. The molecular formula is C39H52Cl3N3O10. The van der Waals surface area contributed by atoms with E-state index in [2.05, 4.69) is 16.4 Å². The van der Waals surface area contributed by atoms with Gasteiger partial charge in [-0.15, -0.1) is 11.6 Å². The van der Waals surface area contributed by atoms with Crippen molar-refractivity contribution < 1.29 is 66.2 Å². The number of ether oxygens (including phenoxy) is 4. The summed E-state index contributed by atoms with van der Waals surface area (Å²) in [5.74, 6) is -3.57. The Labute approximate surface area is 338 Å². The minimum absolute atomic E-state index is 0. The van der Waals surface area contributed by atoms with E-state index in [0.717, 1.165) is 0 Å². The van der Waals surface area contributed by atoms with Gasteiger partial charge < -0.3 is 52.8 Å². The quantitative estimate of drug-likeness (QED) is 0.134. The number of quaternary nitrogens is 1. The van der Waals surface area contributed by atoms with Crippen LogP contribution in [0.1, 0.15) is 69.5 Å². The van der Waals surface area contributed by atoms with Crippen LogP contribution in [-0.2, 0) is 51.2 Å². The maximum atomic E-state index is 13.7. The van der Waals surface area contributed by atoms with Crippen LogP contribution in [0.2, 0.25) is 5.02 Å². The van der Waals surface area contributed by atoms with E-state index in [9.17, 15) is 29.1 Å². The molecule has 6 atom stereocenters. The lowest BCUT2D eigenvalue weighted by Gasteiger charge is -2.32. The highest BCUT2D eigenvalue weighted by Crippen LogP contribution is 2.33. The normalized spacial score (nSPS) is 21.8. The highest BCUT2D eigenvalue weighted by atomic mass is 35.5. The molecule has 2 aromatic carbocycles. The van der Waals surface area contributed by atoms with Crippen molar-refractivity contribution in [1.82, 2.24) is 10.6 Å². The zero-order valence-electron chi connectivity index (χ0n) is 31.9. The van der Waals surface area contributed by atoms with Gasteiger partial charge in [-0.05, 0) is 61.1 Å². The molecular weight excluding hydrogens is 777 g/mol. The van der Waals surface area contributed by atoms with Gasteiger partial charge in [0.15, 0.2) is 12.6 Å². The predicted molar refractivity (Wildman–Crippen MR) is 201 cm³/mol. The number of carbonyl (C=O) groups excluding carboxylic acids is 5. The molecule has 0 bridgehead atoms. The predicted octanol–water partition coefficient (Wildman–Crippen LogP) is 0.614. The second kappa shape index (κ2) is 22.0. The third-order valence-corrected chi connectivity index (χ3v) is 9.78. The Morgan fingerprint density at radius 3 is 2.31 bits per heavy atom. The van der Waals surface area contributed by atoms with Gasteiger partial charge in [-0.2, -0.15) is 0 Å². The smallest absolute Gasteiger partial charge is 0.361 e. The summed E-state index contributed by atoms with van der Waals surface area (Å²) in [6.45, 7) is 8.42. The lowest BCUT2D eigenvalue weighted by Crippen LogP contribution is -3.00. The maximum absolute atomic E-state index is 13.7. The average molecular weight is 829 g/mol. The number of carbonyl (C=O) groups is 5. The number of amides is 2. The molecule has 55 heavy (non-hydrogen) atoms. The van der Waals surface area contributed by atoms with Crippen LogP contribution in [0.25, 0.3) is 0 Å². The van der Waals surface area contributed by atoms with Crippen LogP contribution in [0.4, 0.5) is 0 Å². The van der Waals surface area contributed by atoms with Crippen molar-refractivity contribution in [1.29, 1.82) is 0 Å². The third-order valence-electron chi connectivity index (χ3n) is 8.98. The fraction of sp³-hybridized carbons (Fsp3) is 0.513. The fourth-order valence-corrected chi connectivity index (χ4v) is 6.19. The topological polar surface area (TPSA) is 194 Å². The van der Waals surface area contributed by atoms with E-state index in [1.54, 1.807) is 63.2 Å². The minimum atomic E-state index is -1.29. The molecule has 1 aliphatic heterocycles. The van der Waals surface area contributed by atoms with Crippen LogP contribution in [-0.4, -0.2) is 79.4 Å². The number of hydrogen-bond acceptors (Lipinski definition) is 10. The number of alkyl halides is 1. The molecule has 0 unspecified atom stereocenters. The molecule has 0 spiro atoms. The molecule has 16 heteroatoms. The third kappa shape index (κ3) is 14.3. The van der Waals surface area contributed by atoms with Crippen molar-refractivity contribution in [2.24, 2.45) is 17.3 Å². The van der Waals surface area contributed by atoms with E-state index >= 15 is 0 Å². The number of rotatable bonds is 12. The summed E-state index contributed by atoms with van der Waals surface area (Å²) in [5.41, 5.74) is 4.14. The summed E-state index contributed by atoms with van der Waals surface area (Å²) in [5, 5.41) is 16.3. The molecule has 0 saturated heterocycles. The SMILES string of the molecule is COc1ccc(C[C@H]2NC(=O)/C=C/C[C@@H]([C@H](C)[C@@H](O)[C@@H](Cl)c3ccc(COC(=O)C[NH3+])cc3)OC(=O)[C@H](CC(C)C)OC(=O)C(C)(C)CNC2=O)cc1Cl.[Cl-]. The highest BCUT2D eigenvalue weighted by Gasteiger charge is 2.38. The summed E-state index contributed by atoms with van der Waals surface area (Å²) in [4.78, 5) is 65.4. The number of hydrogen-bond donors (Lipinski definition) is 4. The largest absolute Gasteiger partial charge is 1.00 e. The molecule has 3 rings (SSSR count). The van der Waals surface area contributed by atoms with Gasteiger partial charge in [0.25, 0.3) is 0 Å². The standard InChI is InChI=1S/C39H51Cl2N3O10.ClH/c1-22(2)16-31-37(49)53-29(23(3)35(47)34(41)26-13-10-24(11-14-26)20-52-33(46)19-42)8-7-9-32(45)44-28(18-25-12-15-30(51-6)27(40)17-25)36(48)43-21-39(4,5)38(50)54-31;/h7,9-15,17,22-23,28-29,31,34-35,47H,8,16,18-21,42H2,1-6H3,(H,43,48)(H,44,45);1H/b9-7+;/t23-,28+,29-,31-,34-,35+;/m0./s1. The van der Waals surface area contributed by atoms with Gasteiger partial charge in [-0.1, -0.05) is 68.8 Å². The molecule has 304 valence electrons. The van der Waals surface area contributed by atoms with E-state index in [1.165, 1.54) is 19.3 Å². The molecule has 0 fully saturated rings. The van der Waals surface area contributed by atoms with Crippen LogP contribution in [0.3, 0.4) is 0 Å². The summed E-state index contributed by atoms with van der Waals surface area (Å²) in [7, 11) is 1.48. The molecule has 13 nitrogen and oxygen atoms in total. The number of nitrogens with one attached hydrogen (secondary N) is 2. The van der Waals surface area contributed by atoms with Gasteiger partial charge in [0.1, 0.15) is 24.5 Å². The van der Waals surface area contributed by atoms with Crippen LogP contribution in [0.5, 0.6) is 5.75 Å². The first-order chi connectivity index (χ1) is 25.4. The number of halogens is 3. The monoisotopic (exact) mass is 827 g/mol. The first kappa shape index (κ1) is 47.3. The Kier molecular flexibility index (Phi) is 18.9. The van der Waals surface area contributed by atoms with E-state index < -0.39 is 70.8 Å². The number of aliphatic hydroxyl groups is 1. The van der Waals surface area contributed by atoms with E-state index in [-0.39, 0.29) is 57.3 Å². The minimum Gasteiger partial charge on any atom is -1.00 e. The number of methoxy groups -OCH3 is 1. The number of esters is 3. The van der Waals surface area contributed by atoms with Gasteiger partial charge in [0, 0.05) is 25.3 Å². The van der Waals surface area contributed by atoms with Crippen LogP contribution < -0.4 is 33.5 Å². The molecule has 1 aliphatic rings. The van der Waals surface area contributed by atoms with Crippen molar-refractivity contribution in [3.05, 3.63) is 76.3 Å². The van der Waals surface area contributed by atoms with Crippen molar-refractivity contribution >= 4 is 52.9 Å². The summed E-state index contributed by atoms with van der Waals surface area (Å²) in [6, 6.07) is 10.8. The van der Waals surface area contributed by atoms with Crippen molar-refractivity contribution in [2.45, 2.75) is 90.2 Å². The van der Waals surface area contributed by atoms with E-state index in [1.807, 2.05) is 13.8 Å². The Morgan fingerprint density at radius 1 is 1.05 bits per heavy atom. The Hall–Kier alpha value is -3.88. The second-order valence-corrected chi connectivity index (χ2v) is 15.3. The zero-order chi connectivity index (χ0) is 40.2. The lowest BCUT2D eigenvalue weighted by molar-refractivity contribution is -0.360. The second-order valence-electron chi connectivity index (χ2n) is 14.4. The molecule has 6 N–H and O–H groups in total. The molecule has 2 aromatic rings. The van der Waals surface area contributed by atoms with E-state index in [4.69, 9.17) is 42.1 Å². The van der Waals surface area contributed by atoms with Crippen LogP contribution >= 0.6 is 23.2 Å². The molecule has 1 heterocycles. The maximum Gasteiger partial charge on any atom is 0.361 e. The zero-order valence-corrected chi connectivity index (χ0v) is 34.2. The van der Waals surface area contributed by atoms with Crippen LogP contribution in [0.15, 0.2) is 54.6 Å². The number of cyclic esters (lactones) is 2. The van der Waals surface area contributed by atoms with Gasteiger partial charge in [-0.25, -0.2) is 9.59 Å². The fourth-order valence-electron chi connectivity index (χ4n) is 5.54. The molecule has 0 saturated carbocycles. The van der Waals surface area contributed by atoms with Crippen molar-refractivity contribution in [3.8, 4) is 5.75 Å². The average Bonchev–Trinajstić information content (AvgIpc) is 3.13. The first-order valence-electron chi connectivity index (χ1n) is 17.8. The highest BCUT2D eigenvalue weighted by molar-refractivity contribution is 6.32. The van der Waals surface area contributed by atoms with Gasteiger partial charge >= 0.3 is 17.9 Å². The van der Waals surface area contributed by atoms with Crippen molar-refractivity contribution in [2.75, 3.05) is 20.2 Å². The summed E-state index contributed by atoms with van der Waals surface area (Å²) in [6.07, 6.45) is -0.675. The summed E-state index contributed by atoms with van der Waals surface area (Å²) >= 11 is 13.1. The van der Waals surface area contributed by atoms with Gasteiger partial charge in [0.2, 0.25) is 11.8 Å². The Bertz CT molecular complexity index is 1650. The van der Waals surface area contributed by atoms with Gasteiger partial charge in [0.05, 0.1) is 29.0 Å². The number of aliphatic hydroxyl groups excluding tert-OH is 1. The molecule has 2 amide bonds. The summed E-state index contributed by atoms with van der Waals surface area (Å²) < 4.78 is 22.1. The van der Waals surface area contributed by atoms with Crippen molar-refractivity contribution in [3.63, 3.8) is 0 Å². The lowest BCUT2D eigenvalue weighted by atomic mass is 9.90. The Morgan fingerprint density at radius 2 is 1.71 bits per heavy atom. The number of benzene rings is 2.